The number of hydrogen-bond acceptors (Lipinski definition) is 2. The molecule has 0 radical (unpaired) electrons. The molecule has 1 aromatic carbocycles. The zero-order valence-electron chi connectivity index (χ0n) is 8.74. The van der Waals surface area contributed by atoms with Crippen molar-refractivity contribution in [1.82, 2.24) is 0 Å². The molecule has 1 unspecified atom stereocenters. The van der Waals surface area contributed by atoms with E-state index in [1.54, 1.807) is 12.1 Å². The molecule has 0 aliphatic rings. The standard InChI is InChI=1S/C11H12BrNO3/c1-2-9(12)10(14)13-8-5-3-7(4-6-8)11(15)16/h3-6,9H,2H2,1H3,(H,13,14)(H,15,16). The zero-order chi connectivity index (χ0) is 12.1. The van der Waals surface area contributed by atoms with E-state index in [-0.39, 0.29) is 16.3 Å². The van der Waals surface area contributed by atoms with Gasteiger partial charge in [0.1, 0.15) is 0 Å². The van der Waals surface area contributed by atoms with Crippen LogP contribution >= 0.6 is 15.9 Å². The summed E-state index contributed by atoms with van der Waals surface area (Å²) in [5.74, 6) is -1.12. The molecule has 0 spiro atoms. The number of carbonyl (C=O) groups is 2. The molecule has 0 aliphatic carbocycles. The smallest absolute Gasteiger partial charge is 0.335 e. The minimum atomic E-state index is -0.982. The molecule has 0 aromatic heterocycles. The van der Waals surface area contributed by atoms with Crippen LogP contribution in [0, 0.1) is 0 Å². The summed E-state index contributed by atoms with van der Waals surface area (Å²) in [6.07, 6.45) is 0.693. The number of aromatic carboxylic acids is 1. The summed E-state index contributed by atoms with van der Waals surface area (Å²) >= 11 is 3.23. The SMILES string of the molecule is CCC(Br)C(=O)Nc1ccc(C(=O)O)cc1. The topological polar surface area (TPSA) is 66.4 Å². The summed E-state index contributed by atoms with van der Waals surface area (Å²) in [4.78, 5) is 21.9. The highest BCUT2D eigenvalue weighted by molar-refractivity contribution is 9.10. The van der Waals surface area contributed by atoms with Gasteiger partial charge in [0.05, 0.1) is 10.4 Å². The van der Waals surface area contributed by atoms with E-state index in [0.29, 0.717) is 12.1 Å². The lowest BCUT2D eigenvalue weighted by Gasteiger charge is -2.08. The van der Waals surface area contributed by atoms with Crippen molar-refractivity contribution in [3.8, 4) is 0 Å². The second-order valence-electron chi connectivity index (χ2n) is 3.25. The minimum absolute atomic E-state index is 0.134. The number of carboxylic acid groups (broad SMARTS) is 1. The Morgan fingerprint density at radius 3 is 2.38 bits per heavy atom. The average Bonchev–Trinajstić information content (AvgIpc) is 2.28. The second-order valence-corrected chi connectivity index (χ2v) is 4.35. The first-order valence-electron chi connectivity index (χ1n) is 4.83. The zero-order valence-corrected chi connectivity index (χ0v) is 10.3. The number of hydrogen-bond donors (Lipinski definition) is 2. The van der Waals surface area contributed by atoms with Gasteiger partial charge < -0.3 is 10.4 Å². The number of nitrogens with one attached hydrogen (secondary N) is 1. The number of benzene rings is 1. The molecule has 4 nitrogen and oxygen atoms in total. The van der Waals surface area contributed by atoms with E-state index in [1.165, 1.54) is 12.1 Å². The maximum atomic E-state index is 11.5. The van der Waals surface area contributed by atoms with E-state index >= 15 is 0 Å². The summed E-state index contributed by atoms with van der Waals surface area (Å²) in [5.41, 5.74) is 0.789. The van der Waals surface area contributed by atoms with Crippen LogP contribution in [0.3, 0.4) is 0 Å². The number of halogens is 1. The number of amides is 1. The lowest BCUT2D eigenvalue weighted by molar-refractivity contribution is -0.115. The molecule has 0 saturated heterocycles. The van der Waals surface area contributed by atoms with E-state index in [0.717, 1.165) is 0 Å². The highest BCUT2D eigenvalue weighted by Crippen LogP contribution is 2.12. The molecule has 1 amide bonds. The van der Waals surface area contributed by atoms with Crippen molar-refractivity contribution in [2.24, 2.45) is 0 Å². The first kappa shape index (κ1) is 12.7. The Balaban J connectivity index is 2.69. The van der Waals surface area contributed by atoms with E-state index < -0.39 is 5.97 Å². The molecular weight excluding hydrogens is 274 g/mol. The molecule has 86 valence electrons. The van der Waals surface area contributed by atoms with Gasteiger partial charge in [0, 0.05) is 5.69 Å². The third-order valence-corrected chi connectivity index (χ3v) is 3.11. The highest BCUT2D eigenvalue weighted by atomic mass is 79.9. The Labute approximate surface area is 102 Å². The lowest BCUT2D eigenvalue weighted by atomic mass is 10.2. The van der Waals surface area contributed by atoms with Gasteiger partial charge in [-0.05, 0) is 30.7 Å². The molecule has 5 heteroatoms. The fourth-order valence-electron chi connectivity index (χ4n) is 1.10. The van der Waals surface area contributed by atoms with E-state index in [9.17, 15) is 9.59 Å². The monoisotopic (exact) mass is 285 g/mol. The highest BCUT2D eigenvalue weighted by Gasteiger charge is 2.12. The van der Waals surface area contributed by atoms with Crippen molar-refractivity contribution in [3.05, 3.63) is 29.8 Å². The Morgan fingerprint density at radius 1 is 1.38 bits per heavy atom. The molecule has 2 N–H and O–H groups in total. The van der Waals surface area contributed by atoms with Gasteiger partial charge in [-0.2, -0.15) is 0 Å². The molecule has 0 fully saturated rings. The molecular formula is C11H12BrNO3. The number of carboxylic acids is 1. The molecule has 1 aromatic rings. The van der Waals surface area contributed by atoms with Crippen LogP contribution in [0.5, 0.6) is 0 Å². The quantitative estimate of drug-likeness (QED) is 0.836. The van der Waals surface area contributed by atoms with Gasteiger partial charge in [-0.3, -0.25) is 4.79 Å². The Bertz CT molecular complexity index is 389. The third kappa shape index (κ3) is 3.34. The summed E-state index contributed by atoms with van der Waals surface area (Å²) in [7, 11) is 0. The maximum Gasteiger partial charge on any atom is 0.335 e. The number of rotatable bonds is 4. The van der Waals surface area contributed by atoms with Crippen molar-refractivity contribution in [3.63, 3.8) is 0 Å². The predicted octanol–water partition coefficient (Wildman–Crippen LogP) is 2.50. The largest absolute Gasteiger partial charge is 0.478 e. The fraction of sp³-hybridized carbons (Fsp3) is 0.273. The molecule has 0 saturated carbocycles. The Kier molecular flexibility index (Phi) is 4.49. The van der Waals surface area contributed by atoms with E-state index in [2.05, 4.69) is 21.2 Å². The van der Waals surface area contributed by atoms with Crippen LogP contribution in [0.15, 0.2) is 24.3 Å². The minimum Gasteiger partial charge on any atom is -0.478 e. The summed E-state index contributed by atoms with van der Waals surface area (Å²) in [5, 5.41) is 11.4. The normalized spacial score (nSPS) is 11.9. The number of anilines is 1. The summed E-state index contributed by atoms with van der Waals surface area (Å²) < 4.78 is 0. The van der Waals surface area contributed by atoms with Crippen LogP contribution in [-0.2, 0) is 4.79 Å². The van der Waals surface area contributed by atoms with Gasteiger partial charge in [0.2, 0.25) is 5.91 Å². The van der Waals surface area contributed by atoms with Crippen LogP contribution in [-0.4, -0.2) is 21.8 Å². The van der Waals surface area contributed by atoms with E-state index in [1.807, 2.05) is 6.92 Å². The van der Waals surface area contributed by atoms with Crippen LogP contribution in [0.1, 0.15) is 23.7 Å². The maximum absolute atomic E-state index is 11.5. The van der Waals surface area contributed by atoms with Crippen molar-refractivity contribution in [1.29, 1.82) is 0 Å². The van der Waals surface area contributed by atoms with Gasteiger partial charge in [-0.1, -0.05) is 22.9 Å². The van der Waals surface area contributed by atoms with Crippen molar-refractivity contribution < 1.29 is 14.7 Å². The van der Waals surface area contributed by atoms with Gasteiger partial charge in [0.25, 0.3) is 0 Å². The number of carbonyl (C=O) groups excluding carboxylic acids is 1. The first-order valence-corrected chi connectivity index (χ1v) is 5.74. The summed E-state index contributed by atoms with van der Waals surface area (Å²) in [6.45, 7) is 1.90. The number of alkyl halides is 1. The molecule has 16 heavy (non-hydrogen) atoms. The van der Waals surface area contributed by atoms with Gasteiger partial charge in [0.15, 0.2) is 0 Å². The lowest BCUT2D eigenvalue weighted by Crippen LogP contribution is -2.21. The molecule has 0 aliphatic heterocycles. The predicted molar refractivity (Wildman–Crippen MR) is 65.0 cm³/mol. The van der Waals surface area contributed by atoms with Crippen LogP contribution in [0.4, 0.5) is 5.69 Å². The van der Waals surface area contributed by atoms with Crippen molar-refractivity contribution in [2.45, 2.75) is 18.2 Å². The van der Waals surface area contributed by atoms with Crippen LogP contribution in [0.25, 0.3) is 0 Å². The molecule has 0 bridgehead atoms. The third-order valence-electron chi connectivity index (χ3n) is 2.04. The first-order chi connectivity index (χ1) is 7.54. The molecule has 0 heterocycles. The van der Waals surface area contributed by atoms with Crippen molar-refractivity contribution >= 4 is 33.5 Å². The Morgan fingerprint density at radius 2 is 1.94 bits per heavy atom. The van der Waals surface area contributed by atoms with Gasteiger partial charge in [-0.25, -0.2) is 4.79 Å². The molecule has 1 atom stereocenters. The molecule has 1 rings (SSSR count). The fourth-order valence-corrected chi connectivity index (χ4v) is 1.22. The van der Waals surface area contributed by atoms with Gasteiger partial charge in [-0.15, -0.1) is 0 Å². The average molecular weight is 286 g/mol. The van der Waals surface area contributed by atoms with Crippen LogP contribution in [0.2, 0.25) is 0 Å². The van der Waals surface area contributed by atoms with Crippen molar-refractivity contribution in [2.75, 3.05) is 5.32 Å². The van der Waals surface area contributed by atoms with E-state index in [4.69, 9.17) is 5.11 Å². The summed E-state index contributed by atoms with van der Waals surface area (Å²) in [6, 6.07) is 6.04. The second kappa shape index (κ2) is 5.65. The van der Waals surface area contributed by atoms with Gasteiger partial charge >= 0.3 is 5.97 Å². The van der Waals surface area contributed by atoms with Crippen LogP contribution < -0.4 is 5.32 Å². The Hall–Kier alpha value is -1.36.